The highest BCUT2D eigenvalue weighted by Crippen LogP contribution is 2.35. The van der Waals surface area contributed by atoms with E-state index >= 15 is 0 Å². The number of fused-ring (bicyclic) bond motifs is 1. The van der Waals surface area contributed by atoms with Gasteiger partial charge in [0.05, 0.1) is 6.20 Å². The second kappa shape index (κ2) is 9.41. The molecule has 0 aliphatic carbocycles. The van der Waals surface area contributed by atoms with Crippen molar-refractivity contribution in [3.8, 4) is 11.1 Å². The minimum absolute atomic E-state index is 0.142. The summed E-state index contributed by atoms with van der Waals surface area (Å²) in [5.41, 5.74) is -0.190. The van der Waals surface area contributed by atoms with Crippen LogP contribution in [0.5, 0.6) is 0 Å². The summed E-state index contributed by atoms with van der Waals surface area (Å²) in [7, 11) is 0. The Morgan fingerprint density at radius 1 is 0.895 bits per heavy atom. The molecule has 0 saturated carbocycles. The molecule has 5 heterocycles. The molecular weight excluding hydrogens is 499 g/mol. The van der Waals surface area contributed by atoms with E-state index < -0.39 is 17.8 Å². The second-order valence-corrected chi connectivity index (χ2v) is 8.95. The van der Waals surface area contributed by atoms with Crippen molar-refractivity contribution in [1.82, 2.24) is 34.8 Å². The lowest BCUT2D eigenvalue weighted by Gasteiger charge is -2.35. The molecule has 0 radical (unpaired) electrons. The van der Waals surface area contributed by atoms with Crippen LogP contribution in [0.15, 0.2) is 67.6 Å². The first-order valence-electron chi connectivity index (χ1n) is 11.8. The lowest BCUT2D eigenvalue weighted by atomic mass is 9.88. The van der Waals surface area contributed by atoms with E-state index in [-0.39, 0.29) is 11.1 Å². The number of aromatic amines is 1. The van der Waals surface area contributed by atoms with Crippen LogP contribution in [0, 0.1) is 5.82 Å². The summed E-state index contributed by atoms with van der Waals surface area (Å²) < 4.78 is 43.0. The zero-order chi connectivity index (χ0) is 26.3. The molecule has 10 nitrogen and oxygen atoms in total. The Morgan fingerprint density at radius 2 is 1.61 bits per heavy atom. The SMILES string of the molecule is O[C@@](c1ccc(F)cc1)(c1cnc(N2CCN(c3ncnn4cc(-c5cn[nH]c5)cc34)CC2)nc1)C(F)F. The normalized spacial score (nSPS) is 15.8. The second-order valence-electron chi connectivity index (χ2n) is 8.95. The molecule has 6 rings (SSSR count). The third kappa shape index (κ3) is 4.10. The predicted molar refractivity (Wildman–Crippen MR) is 132 cm³/mol. The minimum atomic E-state index is -3.17. The van der Waals surface area contributed by atoms with Crippen molar-refractivity contribution >= 4 is 17.3 Å². The van der Waals surface area contributed by atoms with Gasteiger partial charge in [-0.2, -0.15) is 10.2 Å². The highest BCUT2D eigenvalue weighted by molar-refractivity contribution is 5.77. The fraction of sp³-hybridized carbons (Fsp3) is 0.240. The number of benzene rings is 1. The number of aliphatic hydroxyl groups is 1. The van der Waals surface area contributed by atoms with E-state index in [1.807, 2.05) is 23.4 Å². The van der Waals surface area contributed by atoms with Crippen LogP contribution >= 0.6 is 0 Å². The van der Waals surface area contributed by atoms with Crippen LogP contribution in [0.1, 0.15) is 11.1 Å². The molecule has 5 aromatic rings. The van der Waals surface area contributed by atoms with Crippen molar-refractivity contribution in [3.63, 3.8) is 0 Å². The molecule has 1 aliphatic heterocycles. The molecule has 2 N–H and O–H groups in total. The number of halogens is 3. The van der Waals surface area contributed by atoms with Gasteiger partial charge in [0, 0.05) is 67.7 Å². The third-order valence-electron chi connectivity index (χ3n) is 6.76. The number of hydrogen-bond donors (Lipinski definition) is 2. The molecule has 0 amide bonds. The molecule has 0 bridgehead atoms. The maximum Gasteiger partial charge on any atom is 0.275 e. The Hall–Kier alpha value is -4.52. The van der Waals surface area contributed by atoms with Crippen LogP contribution in [0.25, 0.3) is 16.6 Å². The zero-order valence-electron chi connectivity index (χ0n) is 19.9. The smallest absolute Gasteiger partial charge is 0.275 e. The van der Waals surface area contributed by atoms with Gasteiger partial charge in [-0.25, -0.2) is 32.6 Å². The van der Waals surface area contributed by atoms with E-state index in [4.69, 9.17) is 0 Å². The Kier molecular flexibility index (Phi) is 5.91. The maximum absolute atomic E-state index is 14.0. The fourth-order valence-corrected chi connectivity index (χ4v) is 4.65. The summed E-state index contributed by atoms with van der Waals surface area (Å²) >= 11 is 0. The van der Waals surface area contributed by atoms with E-state index in [0.717, 1.165) is 46.7 Å². The average molecular weight is 522 g/mol. The number of anilines is 2. The van der Waals surface area contributed by atoms with Crippen molar-refractivity contribution < 1.29 is 18.3 Å². The Morgan fingerprint density at radius 3 is 2.26 bits per heavy atom. The van der Waals surface area contributed by atoms with Gasteiger partial charge in [0.15, 0.2) is 11.4 Å². The molecular formula is C25H22F3N9O. The first kappa shape index (κ1) is 23.9. The zero-order valence-corrected chi connectivity index (χ0v) is 19.9. The predicted octanol–water partition coefficient (Wildman–Crippen LogP) is 2.88. The van der Waals surface area contributed by atoms with Gasteiger partial charge in [-0.15, -0.1) is 0 Å². The van der Waals surface area contributed by atoms with Crippen LogP contribution in [0.4, 0.5) is 24.9 Å². The quantitative estimate of drug-likeness (QED) is 0.351. The monoisotopic (exact) mass is 521 g/mol. The van der Waals surface area contributed by atoms with Crippen LogP contribution < -0.4 is 9.80 Å². The minimum Gasteiger partial charge on any atom is -0.375 e. The summed E-state index contributed by atoms with van der Waals surface area (Å²) in [6.45, 7) is 2.39. The first-order chi connectivity index (χ1) is 18.4. The fourth-order valence-electron chi connectivity index (χ4n) is 4.65. The first-order valence-corrected chi connectivity index (χ1v) is 11.8. The van der Waals surface area contributed by atoms with Crippen LogP contribution in [0.3, 0.4) is 0 Å². The van der Waals surface area contributed by atoms with Gasteiger partial charge in [0.2, 0.25) is 5.95 Å². The number of H-pyrrole nitrogens is 1. The van der Waals surface area contributed by atoms with Crippen molar-refractivity contribution in [3.05, 3.63) is 84.6 Å². The number of piperazine rings is 1. The summed E-state index contributed by atoms with van der Waals surface area (Å²) in [4.78, 5) is 17.1. The molecule has 1 aromatic carbocycles. The van der Waals surface area contributed by atoms with Gasteiger partial charge < -0.3 is 14.9 Å². The molecule has 13 heteroatoms. The lowest BCUT2D eigenvalue weighted by molar-refractivity contribution is -0.0722. The summed E-state index contributed by atoms with van der Waals surface area (Å²) in [6, 6.07) is 6.31. The number of nitrogens with one attached hydrogen (secondary N) is 1. The molecule has 1 saturated heterocycles. The summed E-state index contributed by atoms with van der Waals surface area (Å²) in [6.07, 6.45) is 6.21. The van der Waals surface area contributed by atoms with E-state index in [1.54, 1.807) is 10.7 Å². The van der Waals surface area contributed by atoms with Crippen molar-refractivity contribution in [2.24, 2.45) is 0 Å². The van der Waals surface area contributed by atoms with Crippen molar-refractivity contribution in [2.75, 3.05) is 36.0 Å². The third-order valence-corrected chi connectivity index (χ3v) is 6.76. The van der Waals surface area contributed by atoms with Gasteiger partial charge in [0.1, 0.15) is 17.7 Å². The van der Waals surface area contributed by atoms with Crippen molar-refractivity contribution in [1.29, 1.82) is 0 Å². The Bertz CT molecular complexity index is 1530. The van der Waals surface area contributed by atoms with Crippen molar-refractivity contribution in [2.45, 2.75) is 12.0 Å². The molecule has 1 aliphatic rings. The van der Waals surface area contributed by atoms with Crippen LogP contribution in [-0.4, -0.2) is 72.5 Å². The van der Waals surface area contributed by atoms with E-state index in [2.05, 4.69) is 35.1 Å². The van der Waals surface area contributed by atoms with Gasteiger partial charge >= 0.3 is 0 Å². The standard InChI is InChI=1S/C25H22F3N9O/c26-20-3-1-18(2-4-20)25(38,23(27)28)19-12-29-24(30-13-19)36-7-5-35(6-8-36)22-21-9-16(17-10-32-33-11-17)14-37(21)34-15-31-22/h1-4,9-15,23,38H,5-8H2,(H,32,33)/t25-/m0/s1. The molecule has 38 heavy (non-hydrogen) atoms. The molecule has 0 spiro atoms. The number of alkyl halides is 2. The highest BCUT2D eigenvalue weighted by Gasteiger charge is 2.42. The largest absolute Gasteiger partial charge is 0.375 e. The number of nitrogens with zero attached hydrogens (tertiary/aromatic N) is 8. The number of hydrogen-bond acceptors (Lipinski definition) is 8. The number of rotatable bonds is 6. The van der Waals surface area contributed by atoms with Gasteiger partial charge in [-0.05, 0) is 23.8 Å². The molecule has 4 aromatic heterocycles. The Labute approximate surface area is 214 Å². The van der Waals surface area contributed by atoms with E-state index in [9.17, 15) is 18.3 Å². The Balaban J connectivity index is 1.19. The average Bonchev–Trinajstić information content (AvgIpc) is 3.63. The summed E-state index contributed by atoms with van der Waals surface area (Å²) in [5, 5.41) is 22.0. The van der Waals surface area contributed by atoms with Crippen LogP contribution in [-0.2, 0) is 5.60 Å². The van der Waals surface area contributed by atoms with Gasteiger partial charge in [-0.1, -0.05) is 12.1 Å². The topological polar surface area (TPSA) is 111 Å². The van der Waals surface area contributed by atoms with Crippen LogP contribution in [0.2, 0.25) is 0 Å². The molecule has 0 unspecified atom stereocenters. The van der Waals surface area contributed by atoms with Gasteiger partial charge in [0.25, 0.3) is 6.43 Å². The maximum atomic E-state index is 14.0. The molecule has 1 atom stereocenters. The lowest BCUT2D eigenvalue weighted by Crippen LogP contribution is -2.47. The van der Waals surface area contributed by atoms with E-state index in [0.29, 0.717) is 32.1 Å². The number of aromatic nitrogens is 7. The molecule has 1 fully saturated rings. The highest BCUT2D eigenvalue weighted by atomic mass is 19.3. The summed E-state index contributed by atoms with van der Waals surface area (Å²) in [5.74, 6) is 0.572. The van der Waals surface area contributed by atoms with Gasteiger partial charge in [-0.3, -0.25) is 5.10 Å². The van der Waals surface area contributed by atoms with E-state index in [1.165, 1.54) is 18.7 Å². The molecule has 194 valence electrons.